The van der Waals surface area contributed by atoms with Gasteiger partial charge in [-0.25, -0.2) is 4.79 Å². The van der Waals surface area contributed by atoms with Gasteiger partial charge in [0, 0.05) is 59.7 Å². The summed E-state index contributed by atoms with van der Waals surface area (Å²) in [5.74, 6) is -1.06. The van der Waals surface area contributed by atoms with Crippen LogP contribution in [0, 0.1) is 18.3 Å². The van der Waals surface area contributed by atoms with Crippen molar-refractivity contribution in [3.05, 3.63) is 99.5 Å². The first kappa shape index (κ1) is 31.0. The number of amides is 2. The summed E-state index contributed by atoms with van der Waals surface area (Å²) >= 11 is 12.6. The van der Waals surface area contributed by atoms with Crippen molar-refractivity contribution in [1.82, 2.24) is 9.80 Å². The lowest BCUT2D eigenvalue weighted by molar-refractivity contribution is -0.141. The highest BCUT2D eigenvalue weighted by Crippen LogP contribution is 2.39. The van der Waals surface area contributed by atoms with Crippen LogP contribution < -0.4 is 4.90 Å². The smallest absolute Gasteiger partial charge is 0.324 e. The first-order chi connectivity index (χ1) is 20.6. The Balaban J connectivity index is 1.38. The summed E-state index contributed by atoms with van der Waals surface area (Å²) in [6, 6.07) is 22.7. The summed E-state index contributed by atoms with van der Waals surface area (Å²) in [6.45, 7) is 4.89. The van der Waals surface area contributed by atoms with Crippen molar-refractivity contribution in [3.63, 3.8) is 0 Å². The minimum atomic E-state index is -0.992. The molecule has 7 nitrogen and oxygen atoms in total. The fourth-order valence-corrected chi connectivity index (χ4v) is 6.85. The van der Waals surface area contributed by atoms with E-state index in [4.69, 9.17) is 23.2 Å². The zero-order chi connectivity index (χ0) is 30.6. The van der Waals surface area contributed by atoms with E-state index >= 15 is 0 Å². The van der Waals surface area contributed by atoms with E-state index in [9.17, 15) is 19.5 Å². The Morgan fingerprint density at radius 3 is 2.26 bits per heavy atom. The molecule has 9 heteroatoms. The molecule has 0 radical (unpaired) electrons. The number of carbonyl (C=O) groups is 3. The Bertz CT molecular complexity index is 1460. The van der Waals surface area contributed by atoms with Gasteiger partial charge in [0.2, 0.25) is 0 Å². The SMILES string of the molecule is Cc1ccc(N2CC(CC(=O)O)(CC(=O)C3CCN(Cc4ccccc4)CC3)CN(Cc3ccc(Cl)cc3Cl)C2=O)cc1. The number of ketones is 1. The quantitative estimate of drug-likeness (QED) is 0.262. The second-order valence-corrected chi connectivity index (χ2v) is 12.9. The average Bonchev–Trinajstić information content (AvgIpc) is 2.97. The van der Waals surface area contributed by atoms with E-state index < -0.39 is 11.4 Å². The van der Waals surface area contributed by atoms with E-state index in [1.54, 1.807) is 28.0 Å². The number of aliphatic carboxylic acids is 1. The molecule has 2 saturated heterocycles. The van der Waals surface area contributed by atoms with Gasteiger partial charge in [-0.1, -0.05) is 77.3 Å². The molecular weight excluding hydrogens is 585 g/mol. The maximum atomic E-state index is 13.9. The van der Waals surface area contributed by atoms with Gasteiger partial charge in [-0.3, -0.25) is 19.4 Å². The molecule has 1 N–H and O–H groups in total. The fourth-order valence-electron chi connectivity index (χ4n) is 6.38. The summed E-state index contributed by atoms with van der Waals surface area (Å²) in [4.78, 5) is 45.7. The number of carboxylic acids is 1. The van der Waals surface area contributed by atoms with E-state index in [2.05, 4.69) is 17.0 Å². The average molecular weight is 623 g/mol. The van der Waals surface area contributed by atoms with Crippen molar-refractivity contribution in [1.29, 1.82) is 0 Å². The summed E-state index contributed by atoms with van der Waals surface area (Å²) in [5.41, 5.74) is 2.69. The van der Waals surface area contributed by atoms with Crippen molar-refractivity contribution in [3.8, 4) is 0 Å². The van der Waals surface area contributed by atoms with Gasteiger partial charge in [-0.2, -0.15) is 0 Å². The molecule has 226 valence electrons. The molecule has 2 fully saturated rings. The summed E-state index contributed by atoms with van der Waals surface area (Å²) in [5, 5.41) is 11.0. The van der Waals surface area contributed by atoms with Gasteiger partial charge < -0.3 is 10.0 Å². The lowest BCUT2D eigenvalue weighted by Crippen LogP contribution is -2.60. The zero-order valence-electron chi connectivity index (χ0n) is 24.3. The van der Waals surface area contributed by atoms with Crippen LogP contribution in [0.1, 0.15) is 42.4 Å². The molecule has 1 atom stereocenters. The third-order valence-corrected chi connectivity index (χ3v) is 9.20. The number of nitrogens with zero attached hydrogens (tertiary/aromatic N) is 3. The standard InChI is InChI=1S/C34H37Cl2N3O4/c1-24-7-11-29(12-8-24)39-23-34(19-32(41)42,22-38(33(39)43)21-27-9-10-28(35)17-30(27)36)18-31(40)26-13-15-37(16-14-26)20-25-5-3-2-4-6-25/h2-12,17,26H,13-16,18-23H2,1H3,(H,41,42). The van der Waals surface area contributed by atoms with Gasteiger partial charge in [0.05, 0.1) is 6.42 Å². The molecule has 43 heavy (non-hydrogen) atoms. The molecule has 2 aliphatic heterocycles. The first-order valence-corrected chi connectivity index (χ1v) is 15.4. The Hall–Kier alpha value is -3.39. The lowest BCUT2D eigenvalue weighted by Gasteiger charge is -2.47. The van der Waals surface area contributed by atoms with Crippen molar-refractivity contribution in [2.24, 2.45) is 11.3 Å². The first-order valence-electron chi connectivity index (χ1n) is 14.7. The number of rotatable bonds is 10. The number of halogens is 2. The Morgan fingerprint density at radius 2 is 1.60 bits per heavy atom. The van der Waals surface area contributed by atoms with Crippen LogP contribution >= 0.6 is 23.2 Å². The van der Waals surface area contributed by atoms with Crippen LogP contribution in [0.25, 0.3) is 0 Å². The Morgan fingerprint density at radius 1 is 0.907 bits per heavy atom. The van der Waals surface area contributed by atoms with Gasteiger partial charge >= 0.3 is 12.0 Å². The minimum Gasteiger partial charge on any atom is -0.481 e. The third kappa shape index (κ3) is 7.77. The molecule has 3 aromatic carbocycles. The highest BCUT2D eigenvalue weighted by molar-refractivity contribution is 6.35. The van der Waals surface area contributed by atoms with Crippen molar-refractivity contribution in [2.45, 2.75) is 45.7 Å². The van der Waals surface area contributed by atoms with Gasteiger partial charge in [-0.05, 0) is 68.2 Å². The van der Waals surface area contributed by atoms with E-state index in [1.165, 1.54) is 5.56 Å². The summed E-state index contributed by atoms with van der Waals surface area (Å²) in [7, 11) is 0. The van der Waals surface area contributed by atoms with Crippen LogP contribution in [0.15, 0.2) is 72.8 Å². The van der Waals surface area contributed by atoms with Gasteiger partial charge in [0.1, 0.15) is 5.78 Å². The lowest BCUT2D eigenvalue weighted by atomic mass is 9.74. The molecule has 1 unspecified atom stereocenters. The van der Waals surface area contributed by atoms with Crippen molar-refractivity contribution < 1.29 is 19.5 Å². The number of benzene rings is 3. The number of hydrogen-bond donors (Lipinski definition) is 1. The fraction of sp³-hybridized carbons (Fsp3) is 0.382. The molecule has 2 heterocycles. The maximum Gasteiger partial charge on any atom is 0.324 e. The highest BCUT2D eigenvalue weighted by atomic mass is 35.5. The highest BCUT2D eigenvalue weighted by Gasteiger charge is 2.47. The molecule has 2 amide bonds. The maximum absolute atomic E-state index is 13.9. The molecular formula is C34H37Cl2N3O4. The van der Waals surface area contributed by atoms with Crippen molar-refractivity contribution in [2.75, 3.05) is 31.1 Å². The number of carbonyl (C=O) groups excluding carboxylic acids is 2. The van der Waals surface area contributed by atoms with Crippen LogP contribution in [-0.2, 0) is 22.7 Å². The number of likely N-dealkylation sites (tertiary alicyclic amines) is 1. The molecule has 0 aromatic heterocycles. The normalized spacial score (nSPS) is 19.9. The van der Waals surface area contributed by atoms with Gasteiger partial charge in [0.15, 0.2) is 0 Å². The van der Waals surface area contributed by atoms with Crippen LogP contribution in [-0.4, -0.2) is 58.9 Å². The second-order valence-electron chi connectivity index (χ2n) is 12.0. The number of piperidine rings is 1. The van der Waals surface area contributed by atoms with E-state index in [1.807, 2.05) is 49.4 Å². The molecule has 0 saturated carbocycles. The van der Waals surface area contributed by atoms with Gasteiger partial charge in [0.25, 0.3) is 0 Å². The molecule has 0 bridgehead atoms. The van der Waals surface area contributed by atoms with E-state index in [0.717, 1.165) is 38.0 Å². The predicted molar refractivity (Wildman–Crippen MR) is 170 cm³/mol. The number of Topliss-reactive ketones (excluding diaryl/α,β-unsaturated/α-hetero) is 1. The molecule has 2 aliphatic rings. The second kappa shape index (κ2) is 13.5. The number of anilines is 1. The van der Waals surface area contributed by atoms with Crippen LogP contribution in [0.3, 0.4) is 0 Å². The third-order valence-electron chi connectivity index (χ3n) is 8.61. The molecule has 0 spiro atoms. The van der Waals surface area contributed by atoms with Crippen LogP contribution in [0.5, 0.6) is 0 Å². The number of hydrogen-bond acceptors (Lipinski definition) is 4. The van der Waals surface area contributed by atoms with Crippen molar-refractivity contribution >= 4 is 46.7 Å². The summed E-state index contributed by atoms with van der Waals surface area (Å²) < 4.78 is 0. The molecule has 3 aromatic rings. The van der Waals surface area contributed by atoms with Crippen LogP contribution in [0.2, 0.25) is 10.0 Å². The monoisotopic (exact) mass is 621 g/mol. The van der Waals surface area contributed by atoms with Crippen LogP contribution in [0.4, 0.5) is 10.5 Å². The Kier molecular flexibility index (Phi) is 9.75. The zero-order valence-corrected chi connectivity index (χ0v) is 25.9. The molecule has 5 rings (SSSR count). The number of carboxylic acid groups (broad SMARTS) is 1. The minimum absolute atomic E-state index is 0.0725. The number of urea groups is 1. The van der Waals surface area contributed by atoms with Gasteiger partial charge in [-0.15, -0.1) is 0 Å². The predicted octanol–water partition coefficient (Wildman–Crippen LogP) is 7.08. The summed E-state index contributed by atoms with van der Waals surface area (Å²) in [6.07, 6.45) is 1.33. The largest absolute Gasteiger partial charge is 0.481 e. The Labute approximate surface area is 263 Å². The van der Waals surface area contributed by atoms with E-state index in [0.29, 0.717) is 21.3 Å². The topological polar surface area (TPSA) is 81.2 Å². The number of aryl methyl sites for hydroxylation is 1. The molecule has 0 aliphatic carbocycles. The van der Waals surface area contributed by atoms with E-state index in [-0.39, 0.29) is 50.2 Å².